The van der Waals surface area contributed by atoms with Gasteiger partial charge in [-0.25, -0.2) is 9.31 Å². The summed E-state index contributed by atoms with van der Waals surface area (Å²) in [6.45, 7) is 8.71. The standard InChI is InChI=1S/C19H23N5O5S/c1-10(2)29-17(25)14-8-7-11(3)13(5)15(14)23-30(26,27)19-21-18-20-16(28-6)12(4)9-24(18)22-19/h7-10,23H,1-6H3. The number of nitrogens with one attached hydrogen (secondary N) is 1. The highest BCUT2D eigenvalue weighted by atomic mass is 32.2. The van der Waals surface area contributed by atoms with Crippen LogP contribution in [0.4, 0.5) is 5.69 Å². The zero-order chi connectivity index (χ0) is 22.2. The molecule has 0 radical (unpaired) electrons. The van der Waals surface area contributed by atoms with Crippen molar-refractivity contribution in [3.05, 3.63) is 40.6 Å². The fourth-order valence-electron chi connectivity index (χ4n) is 2.77. The first-order valence-electron chi connectivity index (χ1n) is 9.15. The summed E-state index contributed by atoms with van der Waals surface area (Å²) in [6, 6.07) is 3.25. The van der Waals surface area contributed by atoms with Crippen LogP contribution >= 0.6 is 0 Å². The number of sulfonamides is 1. The summed E-state index contributed by atoms with van der Waals surface area (Å²) in [4.78, 5) is 20.6. The second-order valence-electron chi connectivity index (χ2n) is 7.06. The lowest BCUT2D eigenvalue weighted by Crippen LogP contribution is -2.20. The largest absolute Gasteiger partial charge is 0.481 e. The number of rotatable bonds is 6. The van der Waals surface area contributed by atoms with Crippen LogP contribution in [0.3, 0.4) is 0 Å². The molecular weight excluding hydrogens is 410 g/mol. The van der Waals surface area contributed by atoms with Crippen LogP contribution in [0, 0.1) is 20.8 Å². The molecule has 2 aromatic heterocycles. The van der Waals surface area contributed by atoms with E-state index in [4.69, 9.17) is 9.47 Å². The third-order valence-corrected chi connectivity index (χ3v) is 5.54. The van der Waals surface area contributed by atoms with Gasteiger partial charge in [-0.2, -0.15) is 18.4 Å². The van der Waals surface area contributed by atoms with Gasteiger partial charge in [0.2, 0.25) is 5.88 Å². The Morgan fingerprint density at radius 3 is 2.47 bits per heavy atom. The summed E-state index contributed by atoms with van der Waals surface area (Å²) < 4.78 is 40.1. The van der Waals surface area contributed by atoms with E-state index in [1.807, 2.05) is 6.92 Å². The summed E-state index contributed by atoms with van der Waals surface area (Å²) in [5, 5.41) is 3.53. The molecule has 0 bridgehead atoms. The molecule has 0 aliphatic carbocycles. The Bertz CT molecular complexity index is 1230. The van der Waals surface area contributed by atoms with Crippen molar-refractivity contribution in [2.24, 2.45) is 0 Å². The van der Waals surface area contributed by atoms with E-state index >= 15 is 0 Å². The van der Waals surface area contributed by atoms with Crippen molar-refractivity contribution in [3.8, 4) is 5.88 Å². The number of carbonyl (C=O) groups is 1. The minimum Gasteiger partial charge on any atom is -0.481 e. The number of hydrogen-bond donors (Lipinski definition) is 1. The van der Waals surface area contributed by atoms with Gasteiger partial charge in [-0.1, -0.05) is 6.07 Å². The van der Waals surface area contributed by atoms with Gasteiger partial charge in [0.15, 0.2) is 0 Å². The number of aromatic nitrogens is 4. The lowest BCUT2D eigenvalue weighted by Gasteiger charge is -2.16. The van der Waals surface area contributed by atoms with E-state index in [-0.39, 0.29) is 23.1 Å². The van der Waals surface area contributed by atoms with Gasteiger partial charge in [0, 0.05) is 11.8 Å². The molecule has 30 heavy (non-hydrogen) atoms. The predicted octanol–water partition coefficient (Wildman–Crippen LogP) is 2.42. The molecular formula is C19H23N5O5S. The van der Waals surface area contributed by atoms with Crippen molar-refractivity contribution in [2.75, 3.05) is 11.8 Å². The zero-order valence-electron chi connectivity index (χ0n) is 17.5. The number of hydrogen-bond acceptors (Lipinski definition) is 8. The van der Waals surface area contributed by atoms with Crippen LogP contribution < -0.4 is 9.46 Å². The monoisotopic (exact) mass is 433 g/mol. The van der Waals surface area contributed by atoms with Crippen molar-refractivity contribution >= 4 is 27.5 Å². The quantitative estimate of drug-likeness (QED) is 0.588. The highest BCUT2D eigenvalue weighted by molar-refractivity contribution is 7.92. The first kappa shape index (κ1) is 21.5. The number of anilines is 1. The summed E-state index contributed by atoms with van der Waals surface area (Å²) in [7, 11) is -2.75. The van der Waals surface area contributed by atoms with E-state index in [0.717, 1.165) is 5.56 Å². The summed E-state index contributed by atoms with van der Waals surface area (Å²) in [5.74, 6) is -0.242. The minimum atomic E-state index is -4.21. The van der Waals surface area contributed by atoms with Gasteiger partial charge < -0.3 is 9.47 Å². The van der Waals surface area contributed by atoms with Crippen LogP contribution in [0.15, 0.2) is 23.5 Å². The number of carbonyl (C=O) groups excluding carboxylic acids is 1. The van der Waals surface area contributed by atoms with Crippen molar-refractivity contribution in [1.82, 2.24) is 19.6 Å². The van der Waals surface area contributed by atoms with Gasteiger partial charge in [0.25, 0.3) is 21.0 Å². The number of nitrogens with zero attached hydrogens (tertiary/aromatic N) is 4. The molecule has 160 valence electrons. The number of ether oxygens (including phenoxy) is 2. The first-order chi connectivity index (χ1) is 14.0. The SMILES string of the molecule is COc1nc2nc(S(=O)(=O)Nc3c(C(=O)OC(C)C)ccc(C)c3C)nn2cc1C. The lowest BCUT2D eigenvalue weighted by atomic mass is 10.0. The van der Waals surface area contributed by atoms with Gasteiger partial charge >= 0.3 is 5.97 Å². The Balaban J connectivity index is 2.06. The number of fused-ring (bicyclic) bond motifs is 1. The zero-order valence-corrected chi connectivity index (χ0v) is 18.4. The molecule has 10 nitrogen and oxygen atoms in total. The fourth-order valence-corrected chi connectivity index (χ4v) is 3.79. The highest BCUT2D eigenvalue weighted by Gasteiger charge is 2.26. The van der Waals surface area contributed by atoms with Gasteiger partial charge in [-0.05, 0) is 51.8 Å². The Kier molecular flexibility index (Phi) is 5.66. The van der Waals surface area contributed by atoms with Crippen molar-refractivity contribution < 1.29 is 22.7 Å². The van der Waals surface area contributed by atoms with Crippen LogP contribution in [0.25, 0.3) is 5.78 Å². The Hall–Kier alpha value is -3.21. The van der Waals surface area contributed by atoms with Crippen LogP contribution in [0.2, 0.25) is 0 Å². The van der Waals surface area contributed by atoms with Crippen LogP contribution in [-0.4, -0.2) is 47.2 Å². The van der Waals surface area contributed by atoms with Crippen molar-refractivity contribution in [2.45, 2.75) is 45.9 Å². The fraction of sp³-hybridized carbons (Fsp3) is 0.368. The molecule has 0 aliphatic heterocycles. The van der Waals surface area contributed by atoms with E-state index in [2.05, 4.69) is 19.8 Å². The molecule has 0 aliphatic rings. The minimum absolute atomic E-state index is 0.0678. The second kappa shape index (κ2) is 7.90. The molecule has 0 fully saturated rings. The van der Waals surface area contributed by atoms with Crippen LogP contribution in [0.1, 0.15) is 40.9 Å². The summed E-state index contributed by atoms with van der Waals surface area (Å²) >= 11 is 0. The summed E-state index contributed by atoms with van der Waals surface area (Å²) in [6.07, 6.45) is 1.21. The Morgan fingerprint density at radius 1 is 1.13 bits per heavy atom. The van der Waals surface area contributed by atoms with Gasteiger partial charge in [0.05, 0.1) is 24.5 Å². The average molecular weight is 433 g/mol. The molecule has 0 saturated heterocycles. The normalized spacial score (nSPS) is 11.7. The number of benzene rings is 1. The van der Waals surface area contributed by atoms with Gasteiger partial charge in [-0.3, -0.25) is 4.72 Å². The topological polar surface area (TPSA) is 125 Å². The van der Waals surface area contributed by atoms with Gasteiger partial charge in [-0.15, -0.1) is 5.10 Å². The third kappa shape index (κ3) is 4.06. The molecule has 0 unspecified atom stereocenters. The Labute approximate surface area is 174 Å². The maximum atomic E-state index is 13.0. The molecule has 3 rings (SSSR count). The molecule has 0 saturated carbocycles. The maximum Gasteiger partial charge on any atom is 0.340 e. The number of aryl methyl sites for hydroxylation is 2. The Morgan fingerprint density at radius 2 is 1.83 bits per heavy atom. The molecule has 0 spiro atoms. The number of methoxy groups -OCH3 is 1. The molecule has 11 heteroatoms. The van der Waals surface area contributed by atoms with E-state index in [1.165, 1.54) is 17.7 Å². The molecule has 3 aromatic rings. The smallest absolute Gasteiger partial charge is 0.340 e. The van der Waals surface area contributed by atoms with Crippen molar-refractivity contribution in [3.63, 3.8) is 0 Å². The average Bonchev–Trinajstić information content (AvgIpc) is 3.07. The molecule has 1 aromatic carbocycles. The first-order valence-corrected chi connectivity index (χ1v) is 10.6. The van der Waals surface area contributed by atoms with E-state index in [9.17, 15) is 13.2 Å². The third-order valence-electron chi connectivity index (χ3n) is 4.42. The highest BCUT2D eigenvalue weighted by Crippen LogP contribution is 2.27. The van der Waals surface area contributed by atoms with E-state index < -0.39 is 21.1 Å². The second-order valence-corrected chi connectivity index (χ2v) is 8.64. The van der Waals surface area contributed by atoms with Crippen LogP contribution in [0.5, 0.6) is 5.88 Å². The summed E-state index contributed by atoms with van der Waals surface area (Å²) in [5.41, 5.74) is 2.30. The van der Waals surface area contributed by atoms with E-state index in [1.54, 1.807) is 40.0 Å². The van der Waals surface area contributed by atoms with Crippen molar-refractivity contribution in [1.29, 1.82) is 0 Å². The lowest BCUT2D eigenvalue weighted by molar-refractivity contribution is 0.0379. The van der Waals surface area contributed by atoms with E-state index in [0.29, 0.717) is 17.0 Å². The molecule has 1 N–H and O–H groups in total. The molecule has 0 amide bonds. The predicted molar refractivity (Wildman–Crippen MR) is 109 cm³/mol. The van der Waals surface area contributed by atoms with Gasteiger partial charge in [0.1, 0.15) is 0 Å². The van der Waals surface area contributed by atoms with Crippen LogP contribution in [-0.2, 0) is 14.8 Å². The number of esters is 1. The molecule has 2 heterocycles. The molecule has 0 atom stereocenters. The maximum absolute atomic E-state index is 13.0.